The fourth-order valence-corrected chi connectivity index (χ4v) is 3.64. The monoisotopic (exact) mass is 369 g/mol. The van der Waals surface area contributed by atoms with Crippen molar-refractivity contribution in [2.45, 2.75) is 19.6 Å². The van der Waals surface area contributed by atoms with Gasteiger partial charge in [0.15, 0.2) is 0 Å². The van der Waals surface area contributed by atoms with Crippen molar-refractivity contribution in [2.24, 2.45) is 0 Å². The van der Waals surface area contributed by atoms with E-state index in [0.717, 1.165) is 21.6 Å². The van der Waals surface area contributed by atoms with Crippen LogP contribution in [0.1, 0.15) is 10.4 Å². The molecular weight excluding hydrogens is 350 g/mol. The number of thiophene rings is 1. The van der Waals surface area contributed by atoms with Gasteiger partial charge in [-0.1, -0.05) is 12.1 Å². The van der Waals surface area contributed by atoms with Gasteiger partial charge in [0.1, 0.15) is 18.5 Å². The Hall–Kier alpha value is -0.880. The first kappa shape index (κ1) is 16.5. The summed E-state index contributed by atoms with van der Waals surface area (Å²) in [6, 6.07) is 12.0. The molecule has 21 heavy (non-hydrogen) atoms. The number of hydrogen-bond acceptors (Lipinski definition) is 4. The van der Waals surface area contributed by atoms with Gasteiger partial charge in [-0.05, 0) is 59.7 Å². The summed E-state index contributed by atoms with van der Waals surface area (Å²) in [5.74, 6) is 0.805. The van der Waals surface area contributed by atoms with Crippen LogP contribution in [0.2, 0.25) is 0 Å². The third-order valence-electron chi connectivity index (χ3n) is 3.01. The molecule has 1 heterocycles. The third-order valence-corrected chi connectivity index (χ3v) is 4.62. The number of nitrogens with zero attached hydrogens (tertiary/aromatic N) is 1. The van der Waals surface area contributed by atoms with Crippen LogP contribution in [-0.4, -0.2) is 36.3 Å². The number of benzene rings is 1. The summed E-state index contributed by atoms with van der Waals surface area (Å²) in [5, 5.41) is 10.1. The molecule has 0 bridgehead atoms. The minimum Gasteiger partial charge on any atom is -0.491 e. The van der Waals surface area contributed by atoms with Gasteiger partial charge in [0, 0.05) is 18.0 Å². The van der Waals surface area contributed by atoms with E-state index in [2.05, 4.69) is 26.9 Å². The van der Waals surface area contributed by atoms with Crippen LogP contribution in [0.5, 0.6) is 5.75 Å². The summed E-state index contributed by atoms with van der Waals surface area (Å²) in [6.45, 7) is 3.75. The van der Waals surface area contributed by atoms with E-state index in [4.69, 9.17) is 4.74 Å². The van der Waals surface area contributed by atoms with Crippen LogP contribution in [0.3, 0.4) is 0 Å². The Labute approximate surface area is 138 Å². The van der Waals surface area contributed by atoms with E-state index < -0.39 is 6.10 Å². The fourth-order valence-electron chi connectivity index (χ4n) is 2.08. The minimum atomic E-state index is -0.501. The van der Waals surface area contributed by atoms with E-state index in [9.17, 15) is 5.11 Å². The Morgan fingerprint density at radius 3 is 2.81 bits per heavy atom. The first-order valence-corrected chi connectivity index (χ1v) is 8.44. The molecule has 0 fully saturated rings. The maximum atomic E-state index is 10.1. The standard InChI is InChI=1S/C16H20BrNO2S/c1-12-4-3-5-14(8-12)20-11-13(19)9-18(2)10-15-6-7-16(17)21-15/h3-8,13,19H,9-11H2,1-2H3. The van der Waals surface area contributed by atoms with Crippen LogP contribution in [0.15, 0.2) is 40.2 Å². The highest BCUT2D eigenvalue weighted by molar-refractivity contribution is 9.11. The normalized spacial score (nSPS) is 12.6. The van der Waals surface area contributed by atoms with Crippen molar-refractivity contribution in [1.82, 2.24) is 4.90 Å². The summed E-state index contributed by atoms with van der Waals surface area (Å²) >= 11 is 5.18. The maximum absolute atomic E-state index is 10.1. The van der Waals surface area contributed by atoms with E-state index in [-0.39, 0.29) is 0 Å². The van der Waals surface area contributed by atoms with Crippen LogP contribution in [0.4, 0.5) is 0 Å². The molecule has 0 saturated heterocycles. The van der Waals surface area contributed by atoms with Gasteiger partial charge in [-0.25, -0.2) is 0 Å². The molecule has 5 heteroatoms. The summed E-state index contributed by atoms with van der Waals surface area (Å²) < 4.78 is 6.76. The molecule has 0 aliphatic heterocycles. The van der Waals surface area contributed by atoms with Crippen molar-refractivity contribution in [3.63, 3.8) is 0 Å². The number of aliphatic hydroxyl groups excluding tert-OH is 1. The minimum absolute atomic E-state index is 0.307. The molecule has 0 radical (unpaired) electrons. The Morgan fingerprint density at radius 2 is 2.14 bits per heavy atom. The van der Waals surface area contributed by atoms with E-state index in [0.29, 0.717) is 13.2 Å². The maximum Gasteiger partial charge on any atom is 0.119 e. The second-order valence-corrected chi connectivity index (χ2v) is 7.73. The number of ether oxygens (including phenoxy) is 1. The van der Waals surface area contributed by atoms with Crippen molar-refractivity contribution in [1.29, 1.82) is 0 Å². The van der Waals surface area contributed by atoms with Crippen LogP contribution >= 0.6 is 27.3 Å². The average Bonchev–Trinajstić information content (AvgIpc) is 2.81. The summed E-state index contributed by atoms with van der Waals surface area (Å²) in [4.78, 5) is 3.37. The lowest BCUT2D eigenvalue weighted by Gasteiger charge is -2.20. The first-order valence-electron chi connectivity index (χ1n) is 6.83. The molecule has 0 saturated carbocycles. The lowest BCUT2D eigenvalue weighted by atomic mass is 10.2. The Balaban J connectivity index is 1.74. The summed E-state index contributed by atoms with van der Waals surface area (Å²) in [5.41, 5.74) is 1.15. The molecule has 2 rings (SSSR count). The van der Waals surface area contributed by atoms with Crippen molar-refractivity contribution in [3.05, 3.63) is 50.6 Å². The highest BCUT2D eigenvalue weighted by Gasteiger charge is 2.10. The van der Waals surface area contributed by atoms with E-state index in [1.165, 1.54) is 4.88 Å². The lowest BCUT2D eigenvalue weighted by Crippen LogP contribution is -2.32. The van der Waals surface area contributed by atoms with Crippen LogP contribution in [-0.2, 0) is 6.54 Å². The number of likely N-dealkylation sites (N-methyl/N-ethyl adjacent to an activating group) is 1. The predicted molar refractivity (Wildman–Crippen MR) is 91.0 cm³/mol. The molecule has 1 unspecified atom stereocenters. The largest absolute Gasteiger partial charge is 0.491 e. The van der Waals surface area contributed by atoms with Crippen LogP contribution in [0, 0.1) is 6.92 Å². The van der Waals surface area contributed by atoms with Crippen LogP contribution < -0.4 is 4.74 Å². The van der Waals surface area contributed by atoms with Gasteiger partial charge in [-0.2, -0.15) is 0 Å². The lowest BCUT2D eigenvalue weighted by molar-refractivity contribution is 0.0746. The number of aryl methyl sites for hydroxylation is 1. The number of aliphatic hydroxyl groups is 1. The SMILES string of the molecule is Cc1cccc(OCC(O)CN(C)Cc2ccc(Br)s2)c1. The highest BCUT2D eigenvalue weighted by atomic mass is 79.9. The van der Waals surface area contributed by atoms with Crippen LogP contribution in [0.25, 0.3) is 0 Å². The quantitative estimate of drug-likeness (QED) is 0.807. The van der Waals surface area contributed by atoms with Gasteiger partial charge < -0.3 is 9.84 Å². The molecule has 1 N–H and O–H groups in total. The van der Waals surface area contributed by atoms with Gasteiger partial charge in [0.05, 0.1) is 3.79 Å². The average molecular weight is 370 g/mol. The second kappa shape index (κ2) is 7.94. The number of hydrogen-bond donors (Lipinski definition) is 1. The molecule has 3 nitrogen and oxygen atoms in total. The van der Waals surface area contributed by atoms with Gasteiger partial charge in [0.25, 0.3) is 0 Å². The molecule has 0 aliphatic carbocycles. The topological polar surface area (TPSA) is 32.7 Å². The van der Waals surface area contributed by atoms with E-state index >= 15 is 0 Å². The molecule has 114 valence electrons. The van der Waals surface area contributed by atoms with Crippen molar-refractivity contribution in [3.8, 4) is 5.75 Å². The summed E-state index contributed by atoms with van der Waals surface area (Å²) in [6.07, 6.45) is -0.501. The van der Waals surface area contributed by atoms with Gasteiger partial charge in [0.2, 0.25) is 0 Å². The molecule has 1 aromatic heterocycles. The zero-order chi connectivity index (χ0) is 15.2. The van der Waals surface area contributed by atoms with Gasteiger partial charge in [-0.3, -0.25) is 4.90 Å². The number of rotatable bonds is 7. The number of halogens is 1. The molecule has 1 aromatic carbocycles. The van der Waals surface area contributed by atoms with E-state index in [1.807, 2.05) is 44.3 Å². The zero-order valence-electron chi connectivity index (χ0n) is 12.3. The van der Waals surface area contributed by atoms with Gasteiger partial charge in [-0.15, -0.1) is 11.3 Å². The summed E-state index contributed by atoms with van der Waals surface area (Å²) in [7, 11) is 2.00. The molecule has 0 spiro atoms. The predicted octanol–water partition coefficient (Wildman–Crippen LogP) is 3.69. The smallest absolute Gasteiger partial charge is 0.119 e. The fraction of sp³-hybridized carbons (Fsp3) is 0.375. The Morgan fingerprint density at radius 1 is 1.33 bits per heavy atom. The van der Waals surface area contributed by atoms with Gasteiger partial charge >= 0.3 is 0 Å². The molecule has 0 amide bonds. The van der Waals surface area contributed by atoms with Crippen molar-refractivity contribution in [2.75, 3.05) is 20.2 Å². The molecular formula is C16H20BrNO2S. The van der Waals surface area contributed by atoms with E-state index in [1.54, 1.807) is 11.3 Å². The first-order chi connectivity index (χ1) is 10.0. The Kier molecular flexibility index (Phi) is 6.23. The second-order valence-electron chi connectivity index (χ2n) is 5.18. The van der Waals surface area contributed by atoms with Crippen molar-refractivity contribution >= 4 is 27.3 Å². The third kappa shape index (κ3) is 5.79. The zero-order valence-corrected chi connectivity index (χ0v) is 14.7. The Bertz CT molecular complexity index is 573. The van der Waals surface area contributed by atoms with Crippen molar-refractivity contribution < 1.29 is 9.84 Å². The molecule has 1 atom stereocenters. The highest BCUT2D eigenvalue weighted by Crippen LogP contribution is 2.23. The molecule has 2 aromatic rings. The molecule has 0 aliphatic rings.